The van der Waals surface area contributed by atoms with Gasteiger partial charge in [-0.15, -0.1) is 0 Å². The van der Waals surface area contributed by atoms with Gasteiger partial charge in [0.25, 0.3) is 5.91 Å². The lowest BCUT2D eigenvalue weighted by Crippen LogP contribution is -2.30. The molecule has 18 heavy (non-hydrogen) atoms. The minimum absolute atomic E-state index is 0.0200. The van der Waals surface area contributed by atoms with Gasteiger partial charge in [0.15, 0.2) is 0 Å². The summed E-state index contributed by atoms with van der Waals surface area (Å²) in [6, 6.07) is 5.98. The summed E-state index contributed by atoms with van der Waals surface area (Å²) in [5.41, 5.74) is 3.24. The molecule has 0 aromatic heterocycles. The molecule has 98 valence electrons. The summed E-state index contributed by atoms with van der Waals surface area (Å²) >= 11 is 0. The van der Waals surface area contributed by atoms with Crippen molar-refractivity contribution in [1.82, 2.24) is 10.6 Å². The molecule has 1 aliphatic rings. The van der Waals surface area contributed by atoms with Crippen molar-refractivity contribution in [1.29, 1.82) is 0 Å². The quantitative estimate of drug-likeness (QED) is 0.767. The zero-order valence-corrected chi connectivity index (χ0v) is 10.8. The lowest BCUT2D eigenvalue weighted by atomic mass is 9.95. The largest absolute Gasteiger partial charge is 0.385 e. The summed E-state index contributed by atoms with van der Waals surface area (Å²) in [4.78, 5) is 12.1. The first-order chi connectivity index (χ1) is 8.83. The van der Waals surface area contributed by atoms with Crippen LogP contribution in [0, 0.1) is 0 Å². The highest BCUT2D eigenvalue weighted by Gasteiger charge is 2.16. The van der Waals surface area contributed by atoms with Crippen LogP contribution in [-0.4, -0.2) is 32.7 Å². The van der Waals surface area contributed by atoms with E-state index in [0.29, 0.717) is 13.2 Å². The third-order valence-electron chi connectivity index (χ3n) is 3.20. The molecule has 0 atom stereocenters. The van der Waals surface area contributed by atoms with E-state index < -0.39 is 0 Å². The third-order valence-corrected chi connectivity index (χ3v) is 3.20. The third kappa shape index (κ3) is 3.09. The van der Waals surface area contributed by atoms with Gasteiger partial charge >= 0.3 is 0 Å². The number of methoxy groups -OCH3 is 1. The number of nitrogens with one attached hydrogen (secondary N) is 2. The van der Waals surface area contributed by atoms with Crippen molar-refractivity contribution in [3.63, 3.8) is 0 Å². The van der Waals surface area contributed by atoms with Crippen LogP contribution in [0.5, 0.6) is 0 Å². The summed E-state index contributed by atoms with van der Waals surface area (Å²) in [7, 11) is 1.67. The number of ether oxygens (including phenoxy) is 1. The monoisotopic (exact) mass is 248 g/mol. The lowest BCUT2D eigenvalue weighted by molar-refractivity contribution is 0.0947. The standard InChI is InChI=1S/C14H20N2O2/c1-18-9-3-7-16-14(17)12-5-2-4-11-6-8-15-10-13(11)12/h2,4-5,15H,3,6-10H2,1H3,(H,16,17). The van der Waals surface area contributed by atoms with Crippen molar-refractivity contribution in [2.75, 3.05) is 26.8 Å². The number of carbonyl (C=O) groups excluding carboxylic acids is 1. The molecule has 0 fully saturated rings. The van der Waals surface area contributed by atoms with Crippen LogP contribution in [-0.2, 0) is 17.7 Å². The fraction of sp³-hybridized carbons (Fsp3) is 0.500. The Hall–Kier alpha value is -1.39. The van der Waals surface area contributed by atoms with Gasteiger partial charge in [-0.2, -0.15) is 0 Å². The van der Waals surface area contributed by atoms with E-state index >= 15 is 0 Å². The first kappa shape index (κ1) is 13.1. The van der Waals surface area contributed by atoms with Crippen LogP contribution >= 0.6 is 0 Å². The summed E-state index contributed by atoms with van der Waals surface area (Å²) in [5, 5.41) is 6.25. The molecule has 1 heterocycles. The highest BCUT2D eigenvalue weighted by Crippen LogP contribution is 2.18. The van der Waals surface area contributed by atoms with Crippen LogP contribution in [0.15, 0.2) is 18.2 Å². The predicted octanol–water partition coefficient (Wildman–Crippen LogP) is 1.10. The summed E-state index contributed by atoms with van der Waals surface area (Å²) in [5.74, 6) is 0.0200. The van der Waals surface area contributed by atoms with Gasteiger partial charge in [0.1, 0.15) is 0 Å². The van der Waals surface area contributed by atoms with Gasteiger partial charge in [0, 0.05) is 32.4 Å². The van der Waals surface area contributed by atoms with Gasteiger partial charge in [-0.25, -0.2) is 0 Å². The zero-order chi connectivity index (χ0) is 12.8. The molecule has 2 N–H and O–H groups in total. The molecule has 0 aliphatic carbocycles. The van der Waals surface area contributed by atoms with E-state index in [-0.39, 0.29) is 5.91 Å². The van der Waals surface area contributed by atoms with Gasteiger partial charge in [0.05, 0.1) is 0 Å². The molecule has 0 radical (unpaired) electrons. The highest BCUT2D eigenvalue weighted by molar-refractivity contribution is 5.96. The minimum atomic E-state index is 0.0200. The van der Waals surface area contributed by atoms with Gasteiger partial charge < -0.3 is 15.4 Å². The van der Waals surface area contributed by atoms with Crippen molar-refractivity contribution in [2.24, 2.45) is 0 Å². The number of amides is 1. The van der Waals surface area contributed by atoms with Gasteiger partial charge in [-0.3, -0.25) is 4.79 Å². The molecule has 1 aromatic rings. The number of benzene rings is 1. The number of hydrogen-bond donors (Lipinski definition) is 2. The fourth-order valence-corrected chi connectivity index (χ4v) is 2.24. The van der Waals surface area contributed by atoms with Crippen molar-refractivity contribution in [2.45, 2.75) is 19.4 Å². The Morgan fingerprint density at radius 3 is 3.22 bits per heavy atom. The van der Waals surface area contributed by atoms with Crippen LogP contribution < -0.4 is 10.6 Å². The molecule has 0 bridgehead atoms. The fourth-order valence-electron chi connectivity index (χ4n) is 2.24. The molecule has 0 saturated heterocycles. The van der Waals surface area contributed by atoms with E-state index in [1.807, 2.05) is 12.1 Å². The molecule has 2 rings (SSSR count). The average Bonchev–Trinajstić information content (AvgIpc) is 2.43. The molecule has 4 nitrogen and oxygen atoms in total. The topological polar surface area (TPSA) is 50.4 Å². The van der Waals surface area contributed by atoms with Crippen molar-refractivity contribution in [3.05, 3.63) is 34.9 Å². The van der Waals surface area contributed by atoms with Crippen molar-refractivity contribution >= 4 is 5.91 Å². The normalized spacial score (nSPS) is 14.1. The molecule has 1 amide bonds. The second kappa shape index (κ2) is 6.52. The molecule has 0 spiro atoms. The first-order valence-electron chi connectivity index (χ1n) is 6.41. The SMILES string of the molecule is COCCCNC(=O)c1cccc2c1CNCC2. The molecule has 0 saturated carbocycles. The molecule has 4 heteroatoms. The summed E-state index contributed by atoms with van der Waals surface area (Å²) in [6.45, 7) is 3.11. The van der Waals surface area contributed by atoms with E-state index in [1.165, 1.54) is 5.56 Å². The van der Waals surface area contributed by atoms with Gasteiger partial charge in [-0.1, -0.05) is 12.1 Å². The smallest absolute Gasteiger partial charge is 0.251 e. The maximum atomic E-state index is 12.1. The molecule has 1 aliphatic heterocycles. The Bertz CT molecular complexity index is 418. The molecule has 1 aromatic carbocycles. The van der Waals surface area contributed by atoms with E-state index in [2.05, 4.69) is 16.7 Å². The second-order valence-electron chi connectivity index (χ2n) is 4.47. The van der Waals surface area contributed by atoms with Crippen LogP contribution in [0.4, 0.5) is 0 Å². The Morgan fingerprint density at radius 2 is 2.39 bits per heavy atom. The first-order valence-corrected chi connectivity index (χ1v) is 6.41. The number of fused-ring (bicyclic) bond motifs is 1. The van der Waals surface area contributed by atoms with E-state index in [9.17, 15) is 4.79 Å². The van der Waals surface area contributed by atoms with E-state index in [4.69, 9.17) is 4.74 Å². The maximum absolute atomic E-state index is 12.1. The zero-order valence-electron chi connectivity index (χ0n) is 10.8. The number of rotatable bonds is 5. The maximum Gasteiger partial charge on any atom is 0.251 e. The van der Waals surface area contributed by atoms with Crippen LogP contribution in [0.2, 0.25) is 0 Å². The molecular formula is C14H20N2O2. The van der Waals surface area contributed by atoms with Crippen LogP contribution in [0.1, 0.15) is 27.9 Å². The predicted molar refractivity (Wildman–Crippen MR) is 70.7 cm³/mol. The molecular weight excluding hydrogens is 228 g/mol. The van der Waals surface area contributed by atoms with E-state index in [0.717, 1.165) is 37.1 Å². The Kier molecular flexibility index (Phi) is 4.73. The Morgan fingerprint density at radius 1 is 1.50 bits per heavy atom. The van der Waals surface area contributed by atoms with E-state index in [1.54, 1.807) is 7.11 Å². The van der Waals surface area contributed by atoms with Crippen LogP contribution in [0.3, 0.4) is 0 Å². The second-order valence-corrected chi connectivity index (χ2v) is 4.47. The van der Waals surface area contributed by atoms with Crippen LogP contribution in [0.25, 0.3) is 0 Å². The Balaban J connectivity index is 2.01. The minimum Gasteiger partial charge on any atom is -0.385 e. The van der Waals surface area contributed by atoms with Gasteiger partial charge in [-0.05, 0) is 36.6 Å². The van der Waals surface area contributed by atoms with Gasteiger partial charge in [0.2, 0.25) is 0 Å². The highest BCUT2D eigenvalue weighted by atomic mass is 16.5. The van der Waals surface area contributed by atoms with Crippen molar-refractivity contribution < 1.29 is 9.53 Å². The summed E-state index contributed by atoms with van der Waals surface area (Å²) < 4.78 is 4.96. The summed E-state index contributed by atoms with van der Waals surface area (Å²) in [6.07, 6.45) is 1.84. The molecule has 0 unspecified atom stereocenters. The lowest BCUT2D eigenvalue weighted by Gasteiger charge is -2.20. The number of hydrogen-bond acceptors (Lipinski definition) is 3. The number of carbonyl (C=O) groups is 1. The average molecular weight is 248 g/mol. The Labute approximate surface area is 108 Å². The van der Waals surface area contributed by atoms with Crippen molar-refractivity contribution in [3.8, 4) is 0 Å².